The Bertz CT molecular complexity index is 383. The zero-order chi connectivity index (χ0) is 13.9. The second kappa shape index (κ2) is 9.35. The lowest BCUT2D eigenvalue weighted by Gasteiger charge is -2.08. The summed E-state index contributed by atoms with van der Waals surface area (Å²) in [5.41, 5.74) is 0.706. The maximum atomic E-state index is 11.6. The molecule has 0 radical (unpaired) electrons. The van der Waals surface area contributed by atoms with Gasteiger partial charge in [-0.05, 0) is 25.1 Å². The number of carbonyl (C=O) groups excluding carboxylic acids is 1. The van der Waals surface area contributed by atoms with Gasteiger partial charge in [0.05, 0.1) is 13.7 Å². The molecule has 106 valence electrons. The van der Waals surface area contributed by atoms with Crippen LogP contribution in [0, 0.1) is 0 Å². The lowest BCUT2D eigenvalue weighted by Crippen LogP contribution is -2.24. The summed E-state index contributed by atoms with van der Waals surface area (Å²) in [6.45, 7) is 4.44. The summed E-state index contributed by atoms with van der Waals surface area (Å²) in [4.78, 5) is 11.6. The van der Waals surface area contributed by atoms with Crippen molar-refractivity contribution in [1.29, 1.82) is 0 Å². The summed E-state index contributed by atoms with van der Waals surface area (Å²) in [6, 6.07) is 7.22. The van der Waals surface area contributed by atoms with Crippen LogP contribution in [0.2, 0.25) is 0 Å². The highest BCUT2D eigenvalue weighted by Gasteiger charge is 2.03. The van der Waals surface area contributed by atoms with Crippen LogP contribution in [-0.2, 0) is 9.53 Å². The van der Waals surface area contributed by atoms with E-state index in [1.54, 1.807) is 13.2 Å². The van der Waals surface area contributed by atoms with E-state index in [0.717, 1.165) is 19.5 Å². The van der Waals surface area contributed by atoms with Gasteiger partial charge in [0.2, 0.25) is 5.91 Å². The quantitative estimate of drug-likeness (QED) is 0.667. The summed E-state index contributed by atoms with van der Waals surface area (Å²) in [6.07, 6.45) is 1.09. The van der Waals surface area contributed by atoms with Crippen molar-refractivity contribution in [3.8, 4) is 5.75 Å². The Kier molecular flexibility index (Phi) is 7.62. The average Bonchev–Trinajstić information content (AvgIpc) is 2.43. The molecule has 19 heavy (non-hydrogen) atoms. The van der Waals surface area contributed by atoms with E-state index in [1.807, 2.05) is 18.2 Å². The summed E-state index contributed by atoms with van der Waals surface area (Å²) in [5.74, 6) is 0.547. The Morgan fingerprint density at radius 2 is 2.16 bits per heavy atom. The van der Waals surface area contributed by atoms with Gasteiger partial charge >= 0.3 is 0 Å². The molecule has 0 aromatic heterocycles. The molecule has 0 aliphatic heterocycles. The van der Waals surface area contributed by atoms with E-state index >= 15 is 0 Å². The molecule has 1 rings (SSSR count). The lowest BCUT2D eigenvalue weighted by molar-refractivity contribution is -0.120. The van der Waals surface area contributed by atoms with Crippen LogP contribution in [0.25, 0.3) is 0 Å². The number of hydrogen-bond acceptors (Lipinski definition) is 4. The molecule has 0 aliphatic carbocycles. The maximum absolute atomic E-state index is 11.6. The first-order valence-electron chi connectivity index (χ1n) is 6.48. The highest BCUT2D eigenvalue weighted by Crippen LogP contribution is 2.16. The molecule has 0 saturated heterocycles. The van der Waals surface area contributed by atoms with Crippen LogP contribution in [0.3, 0.4) is 0 Å². The number of rotatable bonds is 9. The Labute approximate surface area is 114 Å². The number of amides is 1. The lowest BCUT2D eigenvalue weighted by atomic mass is 10.3. The van der Waals surface area contributed by atoms with Crippen molar-refractivity contribution in [2.24, 2.45) is 0 Å². The zero-order valence-corrected chi connectivity index (χ0v) is 11.6. The van der Waals surface area contributed by atoms with Crippen LogP contribution in [-0.4, -0.2) is 39.3 Å². The third kappa shape index (κ3) is 6.79. The fourth-order valence-electron chi connectivity index (χ4n) is 1.51. The number of benzene rings is 1. The van der Waals surface area contributed by atoms with Crippen molar-refractivity contribution in [1.82, 2.24) is 5.32 Å². The van der Waals surface area contributed by atoms with Crippen molar-refractivity contribution in [2.75, 3.05) is 38.7 Å². The minimum atomic E-state index is -0.163. The van der Waals surface area contributed by atoms with Crippen molar-refractivity contribution in [3.05, 3.63) is 24.3 Å². The van der Waals surface area contributed by atoms with Gasteiger partial charge in [-0.2, -0.15) is 0 Å². The highest BCUT2D eigenvalue weighted by molar-refractivity contribution is 5.91. The number of nitrogens with one attached hydrogen (secondary N) is 2. The molecular weight excluding hydrogens is 244 g/mol. The van der Waals surface area contributed by atoms with Crippen molar-refractivity contribution < 1.29 is 14.3 Å². The third-order valence-electron chi connectivity index (χ3n) is 2.44. The second-order valence-corrected chi connectivity index (χ2v) is 4.08. The van der Waals surface area contributed by atoms with E-state index in [4.69, 9.17) is 9.47 Å². The van der Waals surface area contributed by atoms with Gasteiger partial charge in [0.1, 0.15) is 12.4 Å². The molecule has 5 heteroatoms. The number of hydrogen-bond donors (Lipinski definition) is 2. The van der Waals surface area contributed by atoms with Gasteiger partial charge in [0.15, 0.2) is 0 Å². The summed E-state index contributed by atoms with van der Waals surface area (Å²) < 4.78 is 10.3. The molecule has 0 heterocycles. The largest absolute Gasteiger partial charge is 0.497 e. The van der Waals surface area contributed by atoms with E-state index in [2.05, 4.69) is 17.6 Å². The van der Waals surface area contributed by atoms with Gasteiger partial charge in [-0.15, -0.1) is 0 Å². The molecular formula is C14H22N2O3. The minimum absolute atomic E-state index is 0.0605. The number of ether oxygens (including phenoxy) is 2. The van der Waals surface area contributed by atoms with Crippen LogP contribution >= 0.6 is 0 Å². The molecule has 1 aromatic rings. The van der Waals surface area contributed by atoms with E-state index in [9.17, 15) is 4.79 Å². The van der Waals surface area contributed by atoms with Crippen molar-refractivity contribution >= 4 is 11.6 Å². The summed E-state index contributed by atoms with van der Waals surface area (Å²) >= 11 is 0. The van der Waals surface area contributed by atoms with Gasteiger partial charge < -0.3 is 20.1 Å². The Balaban J connectivity index is 2.19. The average molecular weight is 266 g/mol. The fraction of sp³-hybridized carbons (Fsp3) is 0.500. The van der Waals surface area contributed by atoms with Gasteiger partial charge in [0, 0.05) is 18.3 Å². The highest BCUT2D eigenvalue weighted by atomic mass is 16.5. The molecule has 0 saturated carbocycles. The molecule has 0 bridgehead atoms. The SMILES string of the molecule is CCCNCCOCC(=O)Nc1cccc(OC)c1. The minimum Gasteiger partial charge on any atom is -0.497 e. The maximum Gasteiger partial charge on any atom is 0.250 e. The topological polar surface area (TPSA) is 59.6 Å². The van der Waals surface area contributed by atoms with Crippen LogP contribution in [0.1, 0.15) is 13.3 Å². The first-order chi connectivity index (χ1) is 9.26. The molecule has 1 amide bonds. The van der Waals surface area contributed by atoms with E-state index in [-0.39, 0.29) is 12.5 Å². The van der Waals surface area contributed by atoms with Crippen LogP contribution in [0.5, 0.6) is 5.75 Å². The molecule has 1 aromatic carbocycles. The second-order valence-electron chi connectivity index (χ2n) is 4.08. The van der Waals surface area contributed by atoms with Crippen molar-refractivity contribution in [2.45, 2.75) is 13.3 Å². The molecule has 0 fully saturated rings. The zero-order valence-electron chi connectivity index (χ0n) is 11.6. The number of carbonyl (C=O) groups is 1. The van der Waals surface area contributed by atoms with Crippen molar-refractivity contribution in [3.63, 3.8) is 0 Å². The number of methoxy groups -OCH3 is 1. The molecule has 0 spiro atoms. The Hall–Kier alpha value is -1.59. The van der Waals surface area contributed by atoms with Gasteiger partial charge in [-0.3, -0.25) is 4.79 Å². The first kappa shape index (κ1) is 15.5. The number of anilines is 1. The smallest absolute Gasteiger partial charge is 0.250 e. The van der Waals surface area contributed by atoms with Crippen LogP contribution in [0.15, 0.2) is 24.3 Å². The monoisotopic (exact) mass is 266 g/mol. The molecule has 0 aliphatic rings. The van der Waals surface area contributed by atoms with Crippen LogP contribution in [0.4, 0.5) is 5.69 Å². The third-order valence-corrected chi connectivity index (χ3v) is 2.44. The normalized spacial score (nSPS) is 10.2. The van der Waals surface area contributed by atoms with Crippen LogP contribution < -0.4 is 15.4 Å². The standard InChI is InChI=1S/C14H22N2O3/c1-3-7-15-8-9-19-11-14(17)16-12-5-4-6-13(10-12)18-2/h4-6,10,15H,3,7-9,11H2,1-2H3,(H,16,17). The predicted octanol–water partition coefficient (Wildman–Crippen LogP) is 1.65. The molecule has 0 atom stereocenters. The predicted molar refractivity (Wildman–Crippen MR) is 75.6 cm³/mol. The fourth-order valence-corrected chi connectivity index (χ4v) is 1.51. The van der Waals surface area contributed by atoms with Gasteiger partial charge in [-0.25, -0.2) is 0 Å². The molecule has 5 nitrogen and oxygen atoms in total. The Morgan fingerprint density at radius 3 is 2.89 bits per heavy atom. The summed E-state index contributed by atoms with van der Waals surface area (Å²) in [5, 5.41) is 5.95. The first-order valence-corrected chi connectivity index (χ1v) is 6.48. The molecule has 0 unspecified atom stereocenters. The van der Waals surface area contributed by atoms with E-state index in [1.165, 1.54) is 0 Å². The molecule has 2 N–H and O–H groups in total. The van der Waals surface area contributed by atoms with E-state index < -0.39 is 0 Å². The van der Waals surface area contributed by atoms with Gasteiger partial charge in [-0.1, -0.05) is 13.0 Å². The Morgan fingerprint density at radius 1 is 1.32 bits per heavy atom. The van der Waals surface area contributed by atoms with Gasteiger partial charge in [0.25, 0.3) is 0 Å². The van der Waals surface area contributed by atoms with E-state index in [0.29, 0.717) is 18.0 Å². The summed E-state index contributed by atoms with van der Waals surface area (Å²) in [7, 11) is 1.59.